The number of para-hydroxylation sites is 1. The van der Waals surface area contributed by atoms with Gasteiger partial charge in [0.25, 0.3) is 11.8 Å². The van der Waals surface area contributed by atoms with Crippen molar-refractivity contribution in [1.82, 2.24) is 10.3 Å². The first-order valence-electron chi connectivity index (χ1n) is 12.4. The summed E-state index contributed by atoms with van der Waals surface area (Å²) in [7, 11) is 1.54. The zero-order valence-corrected chi connectivity index (χ0v) is 22.9. The van der Waals surface area contributed by atoms with E-state index in [2.05, 4.69) is 26.2 Å². The van der Waals surface area contributed by atoms with Gasteiger partial charge >= 0.3 is 5.97 Å². The molecule has 0 aliphatic carbocycles. The zero-order chi connectivity index (χ0) is 27.4. The molecule has 0 bridgehead atoms. The highest BCUT2D eigenvalue weighted by molar-refractivity contribution is 9.10. The number of aromatic nitrogens is 1. The van der Waals surface area contributed by atoms with Crippen LogP contribution >= 0.6 is 15.9 Å². The number of carboxylic acids is 1. The molecule has 0 radical (unpaired) electrons. The lowest BCUT2D eigenvalue weighted by atomic mass is 9.93. The first-order valence-corrected chi connectivity index (χ1v) is 13.2. The molecule has 1 aromatic heterocycles. The molecular formula is C28H30BrF2N3O4. The van der Waals surface area contributed by atoms with Crippen LogP contribution in [0.5, 0.6) is 5.75 Å². The summed E-state index contributed by atoms with van der Waals surface area (Å²) in [6, 6.07) is 12.7. The molecule has 1 amide bonds. The Labute approximate surface area is 228 Å². The average molecular weight is 590 g/mol. The summed E-state index contributed by atoms with van der Waals surface area (Å²) >= 11 is 3.45. The van der Waals surface area contributed by atoms with E-state index in [-0.39, 0.29) is 31.2 Å². The van der Waals surface area contributed by atoms with Crippen molar-refractivity contribution >= 4 is 44.5 Å². The fraction of sp³-hybridized carbons (Fsp3) is 0.393. The minimum Gasteiger partial charge on any atom is -0.496 e. The first kappa shape index (κ1) is 27.8. The van der Waals surface area contributed by atoms with Gasteiger partial charge in [-0.1, -0.05) is 34.1 Å². The molecular weight excluding hydrogens is 560 g/mol. The van der Waals surface area contributed by atoms with Gasteiger partial charge in [0.2, 0.25) is 0 Å². The molecule has 202 valence electrons. The minimum absolute atomic E-state index is 0.0733. The number of halogens is 3. The number of aliphatic carboxylic acids is 1. The molecule has 7 nitrogen and oxygen atoms in total. The summed E-state index contributed by atoms with van der Waals surface area (Å²) in [5.41, 5.74) is 2.20. The molecule has 1 unspecified atom stereocenters. The number of amides is 1. The molecule has 1 fully saturated rings. The van der Waals surface area contributed by atoms with E-state index < -0.39 is 18.4 Å². The van der Waals surface area contributed by atoms with Crippen LogP contribution in [0.3, 0.4) is 0 Å². The fourth-order valence-corrected chi connectivity index (χ4v) is 5.40. The molecule has 38 heavy (non-hydrogen) atoms. The number of hydrogen-bond acceptors (Lipinski definition) is 5. The third kappa shape index (κ3) is 6.23. The van der Waals surface area contributed by atoms with Crippen LogP contribution in [0, 0.1) is 6.92 Å². The van der Waals surface area contributed by atoms with E-state index in [9.17, 15) is 23.5 Å². The van der Waals surface area contributed by atoms with E-state index in [1.165, 1.54) is 0 Å². The third-order valence-corrected chi connectivity index (χ3v) is 7.37. The second-order valence-electron chi connectivity index (χ2n) is 9.56. The van der Waals surface area contributed by atoms with Gasteiger partial charge < -0.3 is 20.1 Å². The number of pyridine rings is 1. The van der Waals surface area contributed by atoms with Crippen molar-refractivity contribution in [3.05, 3.63) is 63.6 Å². The minimum atomic E-state index is -2.82. The van der Waals surface area contributed by atoms with E-state index in [0.717, 1.165) is 10.0 Å². The van der Waals surface area contributed by atoms with Gasteiger partial charge in [-0.15, -0.1) is 0 Å². The Balaban J connectivity index is 1.69. The maximum Gasteiger partial charge on any atom is 0.303 e. The molecule has 0 spiro atoms. The number of anilines is 1. The lowest BCUT2D eigenvalue weighted by Gasteiger charge is -2.34. The van der Waals surface area contributed by atoms with E-state index in [1.54, 1.807) is 43.2 Å². The monoisotopic (exact) mass is 589 g/mol. The fourth-order valence-electron chi connectivity index (χ4n) is 5.04. The number of piperidine rings is 1. The van der Waals surface area contributed by atoms with Crippen molar-refractivity contribution in [2.45, 2.75) is 44.4 Å². The van der Waals surface area contributed by atoms with Gasteiger partial charge in [0.05, 0.1) is 24.7 Å². The normalized spacial score (nSPS) is 15.8. The second kappa shape index (κ2) is 11.6. The quantitative estimate of drug-likeness (QED) is 0.321. The summed E-state index contributed by atoms with van der Waals surface area (Å²) in [5.74, 6) is -3.47. The predicted octanol–water partition coefficient (Wildman–Crippen LogP) is 5.93. The zero-order valence-electron chi connectivity index (χ0n) is 21.3. The Morgan fingerprint density at radius 2 is 2.03 bits per heavy atom. The largest absolute Gasteiger partial charge is 0.496 e. The number of carboxylic acid groups (broad SMARTS) is 1. The highest BCUT2D eigenvalue weighted by atomic mass is 79.9. The van der Waals surface area contributed by atoms with Crippen LogP contribution in [-0.2, 0) is 4.79 Å². The summed E-state index contributed by atoms with van der Waals surface area (Å²) in [6.45, 7) is 1.87. The lowest BCUT2D eigenvalue weighted by Crippen LogP contribution is -2.43. The molecule has 1 atom stereocenters. The smallest absolute Gasteiger partial charge is 0.303 e. The number of fused-ring (bicyclic) bond motifs is 1. The van der Waals surface area contributed by atoms with Crippen LogP contribution in [-0.4, -0.2) is 54.6 Å². The number of ether oxygens (including phenoxy) is 1. The van der Waals surface area contributed by atoms with Gasteiger partial charge in [0, 0.05) is 47.3 Å². The molecule has 4 rings (SSSR count). The number of nitrogens with zero attached hydrogens (tertiary/aromatic N) is 2. The SMILES string of the molecule is COc1ccccc1C(CCC(=O)O)CNC(=O)c1c(C)c(N2CCCC(F)(F)C2)nc2ccc(Br)cc12. The molecule has 1 aliphatic heterocycles. The van der Waals surface area contributed by atoms with Crippen molar-refractivity contribution in [3.63, 3.8) is 0 Å². The maximum absolute atomic E-state index is 14.3. The number of carbonyl (C=O) groups is 2. The van der Waals surface area contributed by atoms with Gasteiger partial charge in [-0.05, 0) is 49.6 Å². The number of rotatable bonds is 9. The van der Waals surface area contributed by atoms with Crippen molar-refractivity contribution in [2.24, 2.45) is 0 Å². The maximum atomic E-state index is 14.3. The Morgan fingerprint density at radius 3 is 2.74 bits per heavy atom. The standard InChI is InChI=1S/C28H30BrF2N3O4/c1-17-25(27(37)32-15-18(8-11-24(35)36)20-6-3-4-7-23(20)38-2)21-14-19(29)9-10-22(21)33-26(17)34-13-5-12-28(30,31)16-34/h3-4,6-7,9-10,14,18H,5,8,11-13,15-16H2,1-2H3,(H,32,37)(H,35,36). The van der Waals surface area contributed by atoms with Crippen molar-refractivity contribution in [1.29, 1.82) is 0 Å². The Kier molecular flexibility index (Phi) is 8.50. The number of hydrogen-bond donors (Lipinski definition) is 2. The van der Waals surface area contributed by atoms with E-state index in [1.807, 2.05) is 18.2 Å². The van der Waals surface area contributed by atoms with Crippen LogP contribution in [0.2, 0.25) is 0 Å². The predicted molar refractivity (Wildman–Crippen MR) is 146 cm³/mol. The Hall–Kier alpha value is -3.27. The van der Waals surface area contributed by atoms with Crippen LogP contribution in [0.1, 0.15) is 53.1 Å². The molecule has 2 aromatic carbocycles. The third-order valence-electron chi connectivity index (χ3n) is 6.88. The highest BCUT2D eigenvalue weighted by Crippen LogP contribution is 2.35. The number of methoxy groups -OCH3 is 1. The van der Waals surface area contributed by atoms with E-state index >= 15 is 0 Å². The first-order chi connectivity index (χ1) is 18.1. The molecule has 2 heterocycles. The summed E-state index contributed by atoms with van der Waals surface area (Å²) < 4.78 is 34.7. The molecule has 1 aliphatic rings. The van der Waals surface area contributed by atoms with Crippen molar-refractivity contribution in [2.75, 3.05) is 31.6 Å². The molecule has 0 saturated carbocycles. The van der Waals surface area contributed by atoms with Gasteiger partial charge in [-0.25, -0.2) is 13.8 Å². The summed E-state index contributed by atoms with van der Waals surface area (Å²) in [6.07, 6.45) is 0.386. The number of alkyl halides is 2. The van der Waals surface area contributed by atoms with Crippen LogP contribution < -0.4 is 15.0 Å². The van der Waals surface area contributed by atoms with Gasteiger partial charge in [-0.3, -0.25) is 9.59 Å². The van der Waals surface area contributed by atoms with Gasteiger partial charge in [0.1, 0.15) is 11.6 Å². The van der Waals surface area contributed by atoms with Crippen molar-refractivity contribution in [3.8, 4) is 5.75 Å². The van der Waals surface area contributed by atoms with Gasteiger partial charge in [-0.2, -0.15) is 0 Å². The van der Waals surface area contributed by atoms with E-state index in [4.69, 9.17) is 4.74 Å². The van der Waals surface area contributed by atoms with Crippen LogP contribution in [0.4, 0.5) is 14.6 Å². The number of carbonyl (C=O) groups excluding carboxylic acids is 1. The summed E-state index contributed by atoms with van der Waals surface area (Å²) in [5, 5.41) is 12.8. The highest BCUT2D eigenvalue weighted by Gasteiger charge is 2.37. The molecule has 3 aromatic rings. The van der Waals surface area contributed by atoms with Crippen LogP contribution in [0.25, 0.3) is 10.9 Å². The Morgan fingerprint density at radius 1 is 1.26 bits per heavy atom. The summed E-state index contributed by atoms with van der Waals surface area (Å²) in [4.78, 5) is 31.3. The van der Waals surface area contributed by atoms with Gasteiger partial charge in [0.15, 0.2) is 0 Å². The Bertz CT molecular complexity index is 1350. The number of benzene rings is 2. The van der Waals surface area contributed by atoms with E-state index in [0.29, 0.717) is 53.0 Å². The number of nitrogens with one attached hydrogen (secondary N) is 1. The second-order valence-corrected chi connectivity index (χ2v) is 10.5. The molecule has 2 N–H and O–H groups in total. The van der Waals surface area contributed by atoms with Crippen molar-refractivity contribution < 1.29 is 28.2 Å². The topological polar surface area (TPSA) is 91.8 Å². The lowest BCUT2D eigenvalue weighted by molar-refractivity contribution is -0.137. The molecule has 1 saturated heterocycles. The average Bonchev–Trinajstić information content (AvgIpc) is 2.87. The molecule has 10 heteroatoms. The van der Waals surface area contributed by atoms with Crippen LogP contribution in [0.15, 0.2) is 46.9 Å².